The third-order valence-electron chi connectivity index (χ3n) is 3.25. The minimum atomic E-state index is -0.630. The number of nitrogens with one attached hydrogen (secondary N) is 2. The lowest BCUT2D eigenvalue weighted by molar-refractivity contribution is -0.121. The minimum absolute atomic E-state index is 0.181. The van der Waals surface area contributed by atoms with E-state index in [1.54, 1.807) is 18.2 Å². The number of rotatable bonds is 6. The lowest BCUT2D eigenvalue weighted by atomic mass is 10.3. The van der Waals surface area contributed by atoms with Crippen molar-refractivity contribution in [2.45, 2.75) is 6.54 Å². The molecule has 0 aliphatic carbocycles. The van der Waals surface area contributed by atoms with Crippen molar-refractivity contribution in [2.75, 3.05) is 19.9 Å². The molecule has 1 aromatic heterocycles. The zero-order valence-corrected chi connectivity index (χ0v) is 12.6. The molecular formula is C15H15N3O6. The van der Waals surface area contributed by atoms with Crippen LogP contribution in [0.5, 0.6) is 17.2 Å². The summed E-state index contributed by atoms with van der Waals surface area (Å²) < 4.78 is 17.1. The van der Waals surface area contributed by atoms with E-state index in [-0.39, 0.29) is 32.4 Å². The molecule has 9 heteroatoms. The Labute approximate surface area is 135 Å². The number of H-pyrrole nitrogens is 1. The van der Waals surface area contributed by atoms with Gasteiger partial charge in [-0.05, 0) is 12.1 Å². The number of hydrogen-bond acceptors (Lipinski definition) is 6. The number of aromatic nitrogens is 2. The van der Waals surface area contributed by atoms with Gasteiger partial charge in [0.1, 0.15) is 18.9 Å². The molecular weight excluding hydrogens is 318 g/mol. The molecule has 24 heavy (non-hydrogen) atoms. The highest BCUT2D eigenvalue weighted by molar-refractivity contribution is 5.75. The molecule has 0 radical (unpaired) electrons. The Morgan fingerprint density at radius 2 is 2.08 bits per heavy atom. The number of carbonyl (C=O) groups is 1. The van der Waals surface area contributed by atoms with Gasteiger partial charge in [0, 0.05) is 18.3 Å². The smallest absolute Gasteiger partial charge is 0.328 e. The number of nitrogens with zero attached hydrogens (tertiary/aromatic N) is 1. The molecule has 3 rings (SSSR count). The van der Waals surface area contributed by atoms with Crippen molar-refractivity contribution in [1.82, 2.24) is 14.9 Å². The molecule has 0 atom stereocenters. The van der Waals surface area contributed by atoms with Crippen molar-refractivity contribution >= 4 is 5.91 Å². The summed E-state index contributed by atoms with van der Waals surface area (Å²) in [6, 6.07) is 6.38. The average molecular weight is 333 g/mol. The fourth-order valence-electron chi connectivity index (χ4n) is 2.11. The van der Waals surface area contributed by atoms with Crippen molar-refractivity contribution < 1.29 is 19.0 Å². The highest BCUT2D eigenvalue weighted by Gasteiger charge is 2.13. The Morgan fingerprint density at radius 3 is 2.92 bits per heavy atom. The molecule has 0 saturated carbocycles. The summed E-state index contributed by atoms with van der Waals surface area (Å²) in [7, 11) is 0. The van der Waals surface area contributed by atoms with Crippen molar-refractivity contribution in [3.63, 3.8) is 0 Å². The first kappa shape index (κ1) is 15.7. The van der Waals surface area contributed by atoms with Gasteiger partial charge in [0.25, 0.3) is 5.56 Å². The summed E-state index contributed by atoms with van der Waals surface area (Å²) in [5.74, 6) is 1.53. The SMILES string of the molecule is O=C(Cn1ccc(=O)[nH]c1=O)NCCOc1ccc2c(c1)OCO2. The van der Waals surface area contributed by atoms with E-state index < -0.39 is 11.2 Å². The average Bonchev–Trinajstić information content (AvgIpc) is 3.02. The third-order valence-corrected chi connectivity index (χ3v) is 3.25. The van der Waals surface area contributed by atoms with Gasteiger partial charge in [0.15, 0.2) is 11.5 Å². The molecule has 1 aromatic carbocycles. The molecule has 0 fully saturated rings. The molecule has 1 aliphatic rings. The summed E-state index contributed by atoms with van der Waals surface area (Å²) in [6.07, 6.45) is 1.27. The molecule has 9 nitrogen and oxygen atoms in total. The molecule has 0 unspecified atom stereocenters. The second-order valence-corrected chi connectivity index (χ2v) is 4.95. The Kier molecular flexibility index (Phi) is 4.50. The Hall–Kier alpha value is -3.23. The standard InChI is InChI=1S/C15H15N3O6/c19-13-3-5-18(15(21)17-13)8-14(20)16-4-6-22-10-1-2-11-12(7-10)24-9-23-11/h1-3,5,7H,4,6,8-9H2,(H,16,20)(H,17,19,21). The summed E-state index contributed by atoms with van der Waals surface area (Å²) in [5.41, 5.74) is -1.14. The van der Waals surface area contributed by atoms with Gasteiger partial charge >= 0.3 is 5.69 Å². The van der Waals surface area contributed by atoms with Gasteiger partial charge in [0.05, 0.1) is 6.54 Å². The van der Waals surface area contributed by atoms with Crippen LogP contribution in [0.25, 0.3) is 0 Å². The van der Waals surface area contributed by atoms with Crippen LogP contribution < -0.4 is 30.8 Å². The van der Waals surface area contributed by atoms with Crippen LogP contribution in [0.1, 0.15) is 0 Å². The highest BCUT2D eigenvalue weighted by atomic mass is 16.7. The monoisotopic (exact) mass is 333 g/mol. The number of fused-ring (bicyclic) bond motifs is 1. The van der Waals surface area contributed by atoms with Gasteiger partial charge in [-0.2, -0.15) is 0 Å². The Morgan fingerprint density at radius 1 is 1.25 bits per heavy atom. The molecule has 126 valence electrons. The van der Waals surface area contributed by atoms with Gasteiger partial charge in [0.2, 0.25) is 12.7 Å². The number of benzene rings is 1. The van der Waals surface area contributed by atoms with E-state index in [1.807, 2.05) is 0 Å². The van der Waals surface area contributed by atoms with E-state index in [1.165, 1.54) is 12.3 Å². The van der Waals surface area contributed by atoms with Crippen LogP contribution in [-0.4, -0.2) is 35.4 Å². The largest absolute Gasteiger partial charge is 0.492 e. The second kappa shape index (κ2) is 6.90. The molecule has 1 aliphatic heterocycles. The van der Waals surface area contributed by atoms with Gasteiger partial charge in [-0.15, -0.1) is 0 Å². The van der Waals surface area contributed by atoms with Crippen molar-refractivity contribution in [1.29, 1.82) is 0 Å². The fourth-order valence-corrected chi connectivity index (χ4v) is 2.11. The highest BCUT2D eigenvalue weighted by Crippen LogP contribution is 2.34. The zero-order valence-electron chi connectivity index (χ0n) is 12.6. The topological polar surface area (TPSA) is 112 Å². The maximum absolute atomic E-state index is 11.8. The van der Waals surface area contributed by atoms with Crippen LogP contribution in [0, 0.1) is 0 Å². The van der Waals surface area contributed by atoms with Crippen LogP contribution in [0.15, 0.2) is 40.1 Å². The van der Waals surface area contributed by atoms with Crippen LogP contribution in [-0.2, 0) is 11.3 Å². The quantitative estimate of drug-likeness (QED) is 0.687. The van der Waals surface area contributed by atoms with E-state index in [2.05, 4.69) is 10.3 Å². The van der Waals surface area contributed by atoms with Crippen LogP contribution in [0.4, 0.5) is 0 Å². The first-order valence-electron chi connectivity index (χ1n) is 7.21. The Bertz CT molecular complexity index is 857. The van der Waals surface area contributed by atoms with Gasteiger partial charge in [-0.3, -0.25) is 19.1 Å². The molecule has 0 spiro atoms. The normalized spacial score (nSPS) is 12.0. The summed E-state index contributed by atoms with van der Waals surface area (Å²) in [4.78, 5) is 36.2. The number of aromatic amines is 1. The number of ether oxygens (including phenoxy) is 3. The lowest BCUT2D eigenvalue weighted by Gasteiger charge is -2.09. The first-order valence-corrected chi connectivity index (χ1v) is 7.21. The summed E-state index contributed by atoms with van der Waals surface area (Å²) in [6.45, 7) is 0.538. The molecule has 0 bridgehead atoms. The molecule has 0 saturated heterocycles. The number of carbonyl (C=O) groups excluding carboxylic acids is 1. The van der Waals surface area contributed by atoms with Crippen molar-refractivity contribution in [3.8, 4) is 17.2 Å². The molecule has 1 amide bonds. The van der Waals surface area contributed by atoms with Crippen LogP contribution >= 0.6 is 0 Å². The molecule has 2 aromatic rings. The zero-order chi connectivity index (χ0) is 16.9. The number of hydrogen-bond donors (Lipinski definition) is 2. The first-order chi connectivity index (χ1) is 11.6. The Balaban J connectivity index is 1.44. The van der Waals surface area contributed by atoms with Crippen LogP contribution in [0.2, 0.25) is 0 Å². The predicted molar refractivity (Wildman–Crippen MR) is 82.4 cm³/mol. The molecule has 2 N–H and O–H groups in total. The van der Waals surface area contributed by atoms with Gasteiger partial charge < -0.3 is 19.5 Å². The van der Waals surface area contributed by atoms with E-state index >= 15 is 0 Å². The maximum atomic E-state index is 11.8. The lowest BCUT2D eigenvalue weighted by Crippen LogP contribution is -2.36. The fraction of sp³-hybridized carbons (Fsp3) is 0.267. The third kappa shape index (κ3) is 3.75. The predicted octanol–water partition coefficient (Wildman–Crippen LogP) is -0.539. The van der Waals surface area contributed by atoms with Crippen molar-refractivity contribution in [2.24, 2.45) is 0 Å². The van der Waals surface area contributed by atoms with E-state index in [9.17, 15) is 14.4 Å². The van der Waals surface area contributed by atoms with E-state index in [4.69, 9.17) is 14.2 Å². The van der Waals surface area contributed by atoms with Crippen LogP contribution in [0.3, 0.4) is 0 Å². The minimum Gasteiger partial charge on any atom is -0.492 e. The molecule has 2 heterocycles. The van der Waals surface area contributed by atoms with E-state index in [0.717, 1.165) is 4.57 Å². The van der Waals surface area contributed by atoms with E-state index in [0.29, 0.717) is 17.2 Å². The van der Waals surface area contributed by atoms with Crippen molar-refractivity contribution in [3.05, 3.63) is 51.3 Å². The number of amides is 1. The maximum Gasteiger partial charge on any atom is 0.328 e. The summed E-state index contributed by atoms with van der Waals surface area (Å²) >= 11 is 0. The van der Waals surface area contributed by atoms with Gasteiger partial charge in [-0.1, -0.05) is 0 Å². The summed E-state index contributed by atoms with van der Waals surface area (Å²) in [5, 5.41) is 2.62. The van der Waals surface area contributed by atoms with Gasteiger partial charge in [-0.25, -0.2) is 4.79 Å². The second-order valence-electron chi connectivity index (χ2n) is 4.95.